The van der Waals surface area contributed by atoms with E-state index in [1.54, 1.807) is 11.8 Å². The van der Waals surface area contributed by atoms with Gasteiger partial charge in [0.25, 0.3) is 0 Å². The van der Waals surface area contributed by atoms with Gasteiger partial charge in [-0.3, -0.25) is 4.79 Å². The average molecular weight is 325 g/mol. The fraction of sp³-hybridized carbons (Fsp3) is 0.350. The Kier molecular flexibility index (Phi) is 5.76. The summed E-state index contributed by atoms with van der Waals surface area (Å²) in [7, 11) is 0. The normalized spacial score (nSPS) is 15.3. The van der Waals surface area contributed by atoms with Crippen molar-refractivity contribution in [3.05, 3.63) is 60.7 Å². The van der Waals surface area contributed by atoms with E-state index in [0.717, 1.165) is 23.4 Å². The molecule has 2 aromatic carbocycles. The first-order valence-electron chi connectivity index (χ1n) is 8.39. The van der Waals surface area contributed by atoms with Crippen molar-refractivity contribution in [2.75, 3.05) is 10.7 Å². The lowest BCUT2D eigenvalue weighted by Crippen LogP contribution is -2.42. The molecule has 0 N–H and O–H groups in total. The fourth-order valence-electron chi connectivity index (χ4n) is 3.22. The average Bonchev–Trinajstić information content (AvgIpc) is 2.63. The number of benzene rings is 2. The Morgan fingerprint density at radius 2 is 1.52 bits per heavy atom. The molecule has 0 aliphatic heterocycles. The zero-order valence-electron chi connectivity index (χ0n) is 13.4. The van der Waals surface area contributed by atoms with Crippen LogP contribution in [0.1, 0.15) is 32.1 Å². The minimum Gasteiger partial charge on any atom is -0.309 e. The van der Waals surface area contributed by atoms with Gasteiger partial charge in [0.1, 0.15) is 0 Å². The zero-order valence-corrected chi connectivity index (χ0v) is 14.2. The van der Waals surface area contributed by atoms with Crippen LogP contribution < -0.4 is 4.90 Å². The molecule has 0 atom stereocenters. The topological polar surface area (TPSA) is 20.3 Å². The van der Waals surface area contributed by atoms with Crippen LogP contribution in [0, 0.1) is 0 Å². The second-order valence-electron chi connectivity index (χ2n) is 5.99. The minimum atomic E-state index is 0.219. The summed E-state index contributed by atoms with van der Waals surface area (Å²) in [5.74, 6) is 0.715. The number of carbonyl (C=O) groups is 1. The lowest BCUT2D eigenvalue weighted by molar-refractivity contribution is -0.116. The number of hydrogen-bond acceptors (Lipinski definition) is 2. The van der Waals surface area contributed by atoms with Gasteiger partial charge in [-0.05, 0) is 37.1 Å². The van der Waals surface area contributed by atoms with Crippen molar-refractivity contribution in [3.8, 4) is 0 Å². The summed E-state index contributed by atoms with van der Waals surface area (Å²) >= 11 is 1.62. The van der Waals surface area contributed by atoms with Crippen LogP contribution in [0.4, 0.5) is 5.69 Å². The van der Waals surface area contributed by atoms with E-state index < -0.39 is 0 Å². The quantitative estimate of drug-likeness (QED) is 0.709. The molecule has 0 saturated heterocycles. The Labute approximate surface area is 142 Å². The summed E-state index contributed by atoms with van der Waals surface area (Å²) in [6, 6.07) is 20.7. The summed E-state index contributed by atoms with van der Waals surface area (Å²) in [5, 5.41) is 0. The summed E-state index contributed by atoms with van der Waals surface area (Å²) in [6.07, 6.45) is 6.00. The molecule has 0 radical (unpaired) electrons. The fourth-order valence-corrected chi connectivity index (χ4v) is 4.00. The van der Waals surface area contributed by atoms with Crippen molar-refractivity contribution >= 4 is 23.4 Å². The number of hydrogen-bond donors (Lipinski definition) is 0. The Morgan fingerprint density at radius 3 is 2.17 bits per heavy atom. The van der Waals surface area contributed by atoms with Gasteiger partial charge in [-0.25, -0.2) is 0 Å². The van der Waals surface area contributed by atoms with Gasteiger partial charge in [-0.15, -0.1) is 11.8 Å². The van der Waals surface area contributed by atoms with Gasteiger partial charge >= 0.3 is 0 Å². The molecule has 1 amide bonds. The van der Waals surface area contributed by atoms with E-state index >= 15 is 0 Å². The van der Waals surface area contributed by atoms with Crippen LogP contribution in [0.25, 0.3) is 0 Å². The number of amides is 1. The third-order valence-electron chi connectivity index (χ3n) is 4.35. The highest BCUT2D eigenvalue weighted by molar-refractivity contribution is 8.00. The second-order valence-corrected chi connectivity index (χ2v) is 7.04. The van der Waals surface area contributed by atoms with Gasteiger partial charge in [0, 0.05) is 16.6 Å². The first-order valence-corrected chi connectivity index (χ1v) is 9.38. The van der Waals surface area contributed by atoms with Crippen molar-refractivity contribution in [1.29, 1.82) is 0 Å². The molecular formula is C20H23NOS. The number of anilines is 1. The summed E-state index contributed by atoms with van der Waals surface area (Å²) in [6.45, 7) is 0. The van der Waals surface area contributed by atoms with Gasteiger partial charge in [0.05, 0.1) is 5.75 Å². The van der Waals surface area contributed by atoms with Gasteiger partial charge in [0.2, 0.25) is 5.91 Å². The van der Waals surface area contributed by atoms with Crippen LogP contribution in [-0.4, -0.2) is 17.7 Å². The molecule has 0 spiro atoms. The largest absolute Gasteiger partial charge is 0.309 e. The second kappa shape index (κ2) is 8.21. The first kappa shape index (κ1) is 16.1. The Hall–Kier alpha value is -1.74. The molecule has 3 rings (SSSR count). The highest BCUT2D eigenvalue weighted by Gasteiger charge is 2.26. The monoisotopic (exact) mass is 325 g/mol. The summed E-state index contributed by atoms with van der Waals surface area (Å²) < 4.78 is 0. The summed E-state index contributed by atoms with van der Waals surface area (Å²) in [4.78, 5) is 16.1. The highest BCUT2D eigenvalue weighted by atomic mass is 32.2. The van der Waals surface area contributed by atoms with Gasteiger partial charge in [-0.2, -0.15) is 0 Å². The van der Waals surface area contributed by atoms with Crippen molar-refractivity contribution in [2.45, 2.75) is 43.0 Å². The lowest BCUT2D eigenvalue weighted by Gasteiger charge is -2.34. The van der Waals surface area contributed by atoms with Crippen molar-refractivity contribution in [3.63, 3.8) is 0 Å². The number of nitrogens with zero attached hydrogens (tertiary/aromatic N) is 1. The van der Waals surface area contributed by atoms with Crippen LogP contribution in [0.15, 0.2) is 65.6 Å². The number of para-hydroxylation sites is 1. The molecule has 0 aromatic heterocycles. The standard InChI is InChI=1S/C20H23NOS/c22-20(16-23-19-14-8-3-9-15-19)21(17-10-4-1-5-11-17)18-12-6-2-7-13-18/h1,3-5,8-11,14-15,18H,2,6-7,12-13,16H2. The van der Waals surface area contributed by atoms with Crippen LogP contribution in [0.5, 0.6) is 0 Å². The van der Waals surface area contributed by atoms with Gasteiger partial charge in [0.15, 0.2) is 0 Å². The maximum atomic E-state index is 12.9. The van der Waals surface area contributed by atoms with Crippen LogP contribution in [0.3, 0.4) is 0 Å². The zero-order chi connectivity index (χ0) is 15.9. The van der Waals surface area contributed by atoms with E-state index in [4.69, 9.17) is 0 Å². The summed E-state index contributed by atoms with van der Waals surface area (Å²) in [5.41, 5.74) is 1.04. The molecule has 0 unspecified atom stereocenters. The van der Waals surface area contributed by atoms with E-state index in [1.807, 2.05) is 36.4 Å². The molecule has 2 aromatic rings. The molecule has 0 bridgehead atoms. The van der Waals surface area contributed by atoms with Crippen molar-refractivity contribution < 1.29 is 4.79 Å². The molecule has 2 nitrogen and oxygen atoms in total. The van der Waals surface area contributed by atoms with E-state index in [1.165, 1.54) is 19.3 Å². The predicted molar refractivity (Wildman–Crippen MR) is 98.0 cm³/mol. The number of rotatable bonds is 5. The molecular weight excluding hydrogens is 302 g/mol. The SMILES string of the molecule is O=C(CSc1ccccc1)N(c1ccccc1)C1CCCCC1. The molecule has 1 aliphatic rings. The Balaban J connectivity index is 1.73. The molecule has 0 heterocycles. The first-order chi connectivity index (χ1) is 11.3. The maximum Gasteiger partial charge on any atom is 0.237 e. The van der Waals surface area contributed by atoms with E-state index in [0.29, 0.717) is 11.8 Å². The van der Waals surface area contributed by atoms with E-state index in [-0.39, 0.29) is 5.91 Å². The predicted octanol–water partition coefficient (Wildman–Crippen LogP) is 5.14. The molecule has 23 heavy (non-hydrogen) atoms. The maximum absolute atomic E-state index is 12.9. The molecule has 120 valence electrons. The highest BCUT2D eigenvalue weighted by Crippen LogP contribution is 2.29. The van der Waals surface area contributed by atoms with Gasteiger partial charge < -0.3 is 4.90 Å². The van der Waals surface area contributed by atoms with Gasteiger partial charge in [-0.1, -0.05) is 55.7 Å². The molecule has 1 fully saturated rings. The number of thioether (sulfide) groups is 1. The molecule has 1 saturated carbocycles. The Bertz CT molecular complexity index is 608. The van der Waals surface area contributed by atoms with Crippen molar-refractivity contribution in [1.82, 2.24) is 0 Å². The third-order valence-corrected chi connectivity index (χ3v) is 5.35. The minimum absolute atomic E-state index is 0.219. The van der Waals surface area contributed by atoms with Crippen molar-refractivity contribution in [2.24, 2.45) is 0 Å². The Morgan fingerprint density at radius 1 is 0.913 bits per heavy atom. The van der Waals surface area contributed by atoms with Crippen LogP contribution in [-0.2, 0) is 4.79 Å². The van der Waals surface area contributed by atoms with E-state index in [2.05, 4.69) is 29.2 Å². The molecule has 1 aliphatic carbocycles. The molecule has 3 heteroatoms. The lowest BCUT2D eigenvalue weighted by atomic mass is 9.93. The van der Waals surface area contributed by atoms with Crippen LogP contribution in [0.2, 0.25) is 0 Å². The van der Waals surface area contributed by atoms with E-state index in [9.17, 15) is 4.79 Å². The van der Waals surface area contributed by atoms with Crippen LogP contribution >= 0.6 is 11.8 Å². The third kappa shape index (κ3) is 4.38. The number of carbonyl (C=O) groups excluding carboxylic acids is 1. The smallest absolute Gasteiger partial charge is 0.237 e.